The van der Waals surface area contributed by atoms with Crippen molar-refractivity contribution in [2.24, 2.45) is 10.9 Å². The molecule has 0 aromatic heterocycles. The molecule has 7 heteroatoms. The number of amides is 1. The van der Waals surface area contributed by atoms with Gasteiger partial charge in [-0.05, 0) is 37.0 Å². The van der Waals surface area contributed by atoms with E-state index in [1.54, 1.807) is 14.2 Å². The van der Waals surface area contributed by atoms with E-state index in [-0.39, 0.29) is 12.0 Å². The van der Waals surface area contributed by atoms with Crippen LogP contribution < -0.4 is 15.4 Å². The second kappa shape index (κ2) is 11.8. The number of ether oxygens (including phenoxy) is 2. The molecule has 1 aromatic carbocycles. The van der Waals surface area contributed by atoms with Crippen LogP contribution in [0.3, 0.4) is 0 Å². The second-order valence-electron chi connectivity index (χ2n) is 8.16. The van der Waals surface area contributed by atoms with E-state index in [9.17, 15) is 4.79 Å². The summed E-state index contributed by atoms with van der Waals surface area (Å²) in [6.45, 7) is 3.61. The lowest BCUT2D eigenvalue weighted by Gasteiger charge is -2.21. The van der Waals surface area contributed by atoms with Crippen molar-refractivity contribution >= 4 is 11.9 Å². The molecule has 3 rings (SSSR count). The summed E-state index contributed by atoms with van der Waals surface area (Å²) in [6, 6.07) is 8.34. The summed E-state index contributed by atoms with van der Waals surface area (Å²) < 4.78 is 10.8. The number of methoxy groups -OCH3 is 1. The van der Waals surface area contributed by atoms with Crippen molar-refractivity contribution in [1.82, 2.24) is 15.5 Å². The van der Waals surface area contributed by atoms with Gasteiger partial charge in [-0.3, -0.25) is 9.79 Å². The lowest BCUT2D eigenvalue weighted by atomic mass is 10.1. The molecule has 0 radical (unpaired) electrons. The van der Waals surface area contributed by atoms with Gasteiger partial charge < -0.3 is 25.0 Å². The Morgan fingerprint density at radius 1 is 1.23 bits per heavy atom. The Morgan fingerprint density at radius 2 is 2.07 bits per heavy atom. The molecule has 1 aliphatic carbocycles. The monoisotopic (exact) mass is 416 g/mol. The fourth-order valence-electron chi connectivity index (χ4n) is 4.22. The number of nitrogens with one attached hydrogen (secondary N) is 2. The molecule has 2 aliphatic rings. The summed E-state index contributed by atoms with van der Waals surface area (Å²) in [5.74, 6) is 2.24. The molecule has 1 unspecified atom stereocenters. The van der Waals surface area contributed by atoms with Gasteiger partial charge in [-0.25, -0.2) is 0 Å². The maximum absolute atomic E-state index is 12.6. The molecule has 2 fully saturated rings. The van der Waals surface area contributed by atoms with Crippen molar-refractivity contribution in [3.63, 3.8) is 0 Å². The molecule has 1 aromatic rings. The van der Waals surface area contributed by atoms with E-state index in [2.05, 4.69) is 21.7 Å². The Balaban J connectivity index is 1.42. The zero-order valence-electron chi connectivity index (χ0n) is 18.4. The van der Waals surface area contributed by atoms with Crippen LogP contribution in [0.5, 0.6) is 5.75 Å². The number of guanidine groups is 1. The summed E-state index contributed by atoms with van der Waals surface area (Å²) in [6.07, 6.45) is 6.35. The highest BCUT2D eigenvalue weighted by Gasteiger charge is 2.32. The lowest BCUT2D eigenvalue weighted by molar-refractivity contribution is -0.134. The molecule has 1 aliphatic heterocycles. The Hall–Kier alpha value is -2.28. The van der Waals surface area contributed by atoms with Crippen LogP contribution in [0.2, 0.25) is 0 Å². The molecule has 1 saturated heterocycles. The predicted molar refractivity (Wildman–Crippen MR) is 119 cm³/mol. The molecule has 2 N–H and O–H groups in total. The van der Waals surface area contributed by atoms with Gasteiger partial charge in [0.25, 0.3) is 0 Å². The third-order valence-electron chi connectivity index (χ3n) is 5.89. The standard InChI is InChI=1S/C23H36N4O3/c1-24-23(25-16-18-7-5-10-21(15-18)30-14-6-13-29-2)26-20-11-12-27(17-20)22(28)19-8-3-4-9-19/h5,7,10,15,19-20H,3-4,6,8-9,11-14,16-17H2,1-2H3,(H2,24,25,26). The SMILES string of the molecule is CN=C(NCc1cccc(OCCCOC)c1)NC1CCN(C(=O)C2CCCC2)C1. The zero-order chi connectivity index (χ0) is 21.2. The minimum Gasteiger partial charge on any atom is -0.493 e. The largest absolute Gasteiger partial charge is 0.493 e. The molecule has 1 atom stereocenters. The van der Waals surface area contributed by atoms with Gasteiger partial charge >= 0.3 is 0 Å². The van der Waals surface area contributed by atoms with Gasteiger partial charge in [-0.1, -0.05) is 25.0 Å². The third-order valence-corrected chi connectivity index (χ3v) is 5.89. The summed E-state index contributed by atoms with van der Waals surface area (Å²) in [5.41, 5.74) is 1.13. The van der Waals surface area contributed by atoms with Crippen LogP contribution in [-0.4, -0.2) is 63.3 Å². The number of nitrogens with zero attached hydrogens (tertiary/aromatic N) is 2. The zero-order valence-corrected chi connectivity index (χ0v) is 18.4. The van der Waals surface area contributed by atoms with E-state index in [0.29, 0.717) is 25.7 Å². The molecule has 30 heavy (non-hydrogen) atoms. The van der Waals surface area contributed by atoms with E-state index in [0.717, 1.165) is 56.0 Å². The highest BCUT2D eigenvalue weighted by molar-refractivity contribution is 5.81. The van der Waals surface area contributed by atoms with E-state index in [4.69, 9.17) is 9.47 Å². The number of hydrogen-bond donors (Lipinski definition) is 2. The van der Waals surface area contributed by atoms with E-state index in [1.807, 2.05) is 23.1 Å². The number of likely N-dealkylation sites (tertiary alicyclic amines) is 1. The van der Waals surface area contributed by atoms with Gasteiger partial charge in [0, 0.05) is 58.8 Å². The fourth-order valence-corrected chi connectivity index (χ4v) is 4.22. The molecule has 1 heterocycles. The first kappa shape index (κ1) is 22.4. The Morgan fingerprint density at radius 3 is 2.83 bits per heavy atom. The van der Waals surface area contributed by atoms with Gasteiger partial charge in [-0.2, -0.15) is 0 Å². The van der Waals surface area contributed by atoms with Crippen molar-refractivity contribution in [3.05, 3.63) is 29.8 Å². The molecular formula is C23H36N4O3. The van der Waals surface area contributed by atoms with Crippen LogP contribution in [0.15, 0.2) is 29.3 Å². The molecule has 1 amide bonds. The van der Waals surface area contributed by atoms with Gasteiger partial charge in [0.1, 0.15) is 5.75 Å². The van der Waals surface area contributed by atoms with Crippen molar-refractivity contribution < 1.29 is 14.3 Å². The van der Waals surface area contributed by atoms with Crippen molar-refractivity contribution in [3.8, 4) is 5.75 Å². The molecule has 1 saturated carbocycles. The average molecular weight is 417 g/mol. The molecule has 0 spiro atoms. The van der Waals surface area contributed by atoms with Crippen LogP contribution >= 0.6 is 0 Å². The van der Waals surface area contributed by atoms with Gasteiger partial charge in [0.2, 0.25) is 5.91 Å². The van der Waals surface area contributed by atoms with E-state index >= 15 is 0 Å². The van der Waals surface area contributed by atoms with Crippen LogP contribution in [0.4, 0.5) is 0 Å². The normalized spacial score (nSPS) is 19.9. The summed E-state index contributed by atoms with van der Waals surface area (Å²) in [4.78, 5) is 19.0. The highest BCUT2D eigenvalue weighted by atomic mass is 16.5. The molecular weight excluding hydrogens is 380 g/mol. The van der Waals surface area contributed by atoms with E-state index < -0.39 is 0 Å². The van der Waals surface area contributed by atoms with Crippen LogP contribution in [0.25, 0.3) is 0 Å². The number of hydrogen-bond acceptors (Lipinski definition) is 4. The van der Waals surface area contributed by atoms with Gasteiger partial charge in [-0.15, -0.1) is 0 Å². The number of aliphatic imine (C=N–C) groups is 1. The first-order valence-electron chi connectivity index (χ1n) is 11.2. The van der Waals surface area contributed by atoms with E-state index in [1.165, 1.54) is 12.8 Å². The number of benzene rings is 1. The number of carbonyl (C=O) groups excluding carboxylic acids is 1. The number of carbonyl (C=O) groups is 1. The minimum absolute atomic E-state index is 0.247. The third kappa shape index (κ3) is 6.62. The summed E-state index contributed by atoms with van der Waals surface area (Å²) in [7, 11) is 3.48. The second-order valence-corrected chi connectivity index (χ2v) is 8.16. The van der Waals surface area contributed by atoms with Crippen molar-refractivity contribution in [2.75, 3.05) is 40.5 Å². The first-order chi connectivity index (χ1) is 14.7. The quantitative estimate of drug-likeness (QED) is 0.368. The lowest BCUT2D eigenvalue weighted by Crippen LogP contribution is -2.45. The van der Waals surface area contributed by atoms with Crippen LogP contribution in [-0.2, 0) is 16.1 Å². The summed E-state index contributed by atoms with van der Waals surface area (Å²) >= 11 is 0. The Bertz CT molecular complexity index is 703. The minimum atomic E-state index is 0.247. The maximum Gasteiger partial charge on any atom is 0.225 e. The Kier molecular flexibility index (Phi) is 8.81. The maximum atomic E-state index is 12.6. The summed E-state index contributed by atoms with van der Waals surface area (Å²) in [5, 5.41) is 6.85. The average Bonchev–Trinajstić information content (AvgIpc) is 3.46. The predicted octanol–water partition coefficient (Wildman–Crippen LogP) is 2.56. The topological polar surface area (TPSA) is 75.2 Å². The molecule has 0 bridgehead atoms. The van der Waals surface area contributed by atoms with Gasteiger partial charge in [0.05, 0.1) is 6.61 Å². The molecule has 166 valence electrons. The Labute approximate surface area is 180 Å². The van der Waals surface area contributed by atoms with Crippen LogP contribution in [0.1, 0.15) is 44.1 Å². The first-order valence-corrected chi connectivity index (χ1v) is 11.2. The fraction of sp³-hybridized carbons (Fsp3) is 0.652. The van der Waals surface area contributed by atoms with Crippen molar-refractivity contribution in [1.29, 1.82) is 0 Å². The van der Waals surface area contributed by atoms with Crippen LogP contribution in [0, 0.1) is 5.92 Å². The van der Waals surface area contributed by atoms with Gasteiger partial charge in [0.15, 0.2) is 5.96 Å². The van der Waals surface area contributed by atoms with Crippen molar-refractivity contribution in [2.45, 2.75) is 51.1 Å². The highest BCUT2D eigenvalue weighted by Crippen LogP contribution is 2.27. The number of rotatable bonds is 9. The smallest absolute Gasteiger partial charge is 0.225 e. The molecule has 7 nitrogen and oxygen atoms in total.